The second kappa shape index (κ2) is 8.14. The molecule has 2 aromatic rings. The summed E-state index contributed by atoms with van der Waals surface area (Å²) in [4.78, 5) is 3.46. The number of benzene rings is 2. The van der Waals surface area contributed by atoms with Crippen LogP contribution in [-0.4, -0.2) is 5.16 Å². The van der Waals surface area contributed by atoms with Crippen molar-refractivity contribution >= 4 is 23.1 Å². The zero-order valence-corrected chi connectivity index (χ0v) is 13.1. The SMILES string of the molecule is C=CCCc1ccc(C#Cc2cc(F)c(N=C=S)cc2F)cc1. The van der Waals surface area contributed by atoms with Crippen LogP contribution in [0.1, 0.15) is 23.1 Å². The molecule has 0 N–H and O–H groups in total. The topological polar surface area (TPSA) is 12.4 Å². The Kier molecular flexibility index (Phi) is 5.94. The summed E-state index contributed by atoms with van der Waals surface area (Å²) in [6.07, 6.45) is 3.69. The first-order valence-corrected chi connectivity index (χ1v) is 7.33. The number of rotatable bonds is 4. The van der Waals surface area contributed by atoms with Gasteiger partial charge in [-0.3, -0.25) is 0 Å². The van der Waals surface area contributed by atoms with Gasteiger partial charge in [-0.05, 0) is 48.8 Å². The lowest BCUT2D eigenvalue weighted by Crippen LogP contribution is -1.88. The standard InChI is InChI=1S/C19H13F2NS/c1-2-3-4-14-5-7-15(8-6-14)9-10-16-11-18(21)19(22-13-23)12-17(16)20/h2,5-8,11-12H,1,3-4H2. The number of hydrogen-bond acceptors (Lipinski definition) is 2. The summed E-state index contributed by atoms with van der Waals surface area (Å²) in [6.45, 7) is 3.68. The second-order valence-electron chi connectivity index (χ2n) is 4.76. The van der Waals surface area contributed by atoms with Crippen LogP contribution in [0.5, 0.6) is 0 Å². The highest BCUT2D eigenvalue weighted by Crippen LogP contribution is 2.21. The van der Waals surface area contributed by atoms with E-state index < -0.39 is 11.6 Å². The van der Waals surface area contributed by atoms with Gasteiger partial charge in [0, 0.05) is 11.6 Å². The van der Waals surface area contributed by atoms with Crippen molar-refractivity contribution in [3.05, 3.63) is 77.4 Å². The number of isothiocyanates is 1. The third kappa shape index (κ3) is 4.69. The van der Waals surface area contributed by atoms with Crippen molar-refractivity contribution in [1.82, 2.24) is 0 Å². The minimum Gasteiger partial charge on any atom is -0.206 e. The molecule has 0 saturated carbocycles. The van der Waals surface area contributed by atoms with Crippen molar-refractivity contribution in [2.24, 2.45) is 4.99 Å². The van der Waals surface area contributed by atoms with Crippen molar-refractivity contribution in [1.29, 1.82) is 0 Å². The predicted octanol–water partition coefficient (Wildman–Crippen LogP) is 5.22. The van der Waals surface area contributed by atoms with Gasteiger partial charge in [-0.15, -0.1) is 6.58 Å². The third-order valence-corrected chi connectivity index (χ3v) is 3.23. The van der Waals surface area contributed by atoms with Gasteiger partial charge < -0.3 is 0 Å². The number of hydrogen-bond donors (Lipinski definition) is 0. The molecule has 0 radical (unpaired) electrons. The van der Waals surface area contributed by atoms with Crippen molar-refractivity contribution < 1.29 is 8.78 Å². The van der Waals surface area contributed by atoms with E-state index in [1.165, 1.54) is 5.56 Å². The fourth-order valence-electron chi connectivity index (χ4n) is 1.93. The van der Waals surface area contributed by atoms with E-state index in [1.54, 1.807) is 0 Å². The van der Waals surface area contributed by atoms with Gasteiger partial charge in [-0.25, -0.2) is 8.78 Å². The lowest BCUT2D eigenvalue weighted by atomic mass is 10.1. The largest absolute Gasteiger partial charge is 0.206 e. The Bertz CT molecular complexity index is 823. The molecule has 0 unspecified atom stereocenters. The predicted molar refractivity (Wildman–Crippen MR) is 92.0 cm³/mol. The van der Waals surface area contributed by atoms with E-state index in [9.17, 15) is 8.78 Å². The Balaban J connectivity index is 2.23. The fourth-order valence-corrected chi connectivity index (χ4v) is 2.03. The lowest BCUT2D eigenvalue weighted by Gasteiger charge is -1.99. The molecule has 114 valence electrons. The molecule has 0 fully saturated rings. The van der Waals surface area contributed by atoms with Gasteiger partial charge in [0.1, 0.15) is 11.5 Å². The van der Waals surface area contributed by atoms with Crippen molar-refractivity contribution in [2.75, 3.05) is 0 Å². The molecule has 2 rings (SSSR count). The summed E-state index contributed by atoms with van der Waals surface area (Å²) in [5.41, 5.74) is 1.69. The van der Waals surface area contributed by atoms with Gasteiger partial charge in [0.25, 0.3) is 0 Å². The summed E-state index contributed by atoms with van der Waals surface area (Å²) < 4.78 is 27.6. The maximum absolute atomic E-state index is 13.9. The summed E-state index contributed by atoms with van der Waals surface area (Å²) in [5.74, 6) is 4.12. The van der Waals surface area contributed by atoms with Gasteiger partial charge in [-0.1, -0.05) is 30.0 Å². The Morgan fingerprint density at radius 1 is 1.09 bits per heavy atom. The summed E-state index contributed by atoms with van der Waals surface area (Å²) in [7, 11) is 0. The van der Waals surface area contributed by atoms with E-state index in [0.29, 0.717) is 0 Å². The highest BCUT2D eigenvalue weighted by Gasteiger charge is 2.07. The van der Waals surface area contributed by atoms with Crippen molar-refractivity contribution in [3.63, 3.8) is 0 Å². The number of aliphatic imine (C=N–C) groups is 1. The number of aryl methyl sites for hydroxylation is 1. The lowest BCUT2D eigenvalue weighted by molar-refractivity contribution is 0.599. The van der Waals surface area contributed by atoms with E-state index in [0.717, 1.165) is 30.5 Å². The molecule has 0 aliphatic heterocycles. The molecule has 1 nitrogen and oxygen atoms in total. The molecule has 0 saturated heterocycles. The van der Waals surface area contributed by atoms with Crippen LogP contribution in [0.3, 0.4) is 0 Å². The van der Waals surface area contributed by atoms with E-state index >= 15 is 0 Å². The Hall–Kier alpha value is -2.60. The van der Waals surface area contributed by atoms with E-state index in [2.05, 4.69) is 35.6 Å². The van der Waals surface area contributed by atoms with Crippen molar-refractivity contribution in [2.45, 2.75) is 12.8 Å². The molecule has 0 heterocycles. The average molecular weight is 325 g/mol. The Labute approximate surface area is 139 Å². The third-order valence-electron chi connectivity index (χ3n) is 3.14. The summed E-state index contributed by atoms with van der Waals surface area (Å²) in [6, 6.07) is 9.59. The zero-order chi connectivity index (χ0) is 16.7. The van der Waals surface area contributed by atoms with E-state index in [4.69, 9.17) is 0 Å². The smallest absolute Gasteiger partial charge is 0.151 e. The molecule has 4 heteroatoms. The molecule has 0 amide bonds. The van der Waals surface area contributed by atoms with Crippen LogP contribution < -0.4 is 0 Å². The second-order valence-corrected chi connectivity index (χ2v) is 4.94. The number of nitrogens with zero attached hydrogens (tertiary/aromatic N) is 1. The molecule has 0 aromatic heterocycles. The minimum absolute atomic E-state index is 0.0263. The number of allylic oxidation sites excluding steroid dienone is 1. The monoisotopic (exact) mass is 325 g/mol. The molecule has 23 heavy (non-hydrogen) atoms. The van der Waals surface area contributed by atoms with Crippen LogP contribution in [0, 0.1) is 23.5 Å². The van der Waals surface area contributed by atoms with Crippen molar-refractivity contribution in [3.8, 4) is 11.8 Å². The summed E-state index contributed by atoms with van der Waals surface area (Å²) >= 11 is 4.38. The molecule has 0 aliphatic rings. The van der Waals surface area contributed by atoms with Crippen LogP contribution in [0.4, 0.5) is 14.5 Å². The van der Waals surface area contributed by atoms with Gasteiger partial charge in [0.15, 0.2) is 5.82 Å². The van der Waals surface area contributed by atoms with Gasteiger partial charge >= 0.3 is 0 Å². The van der Waals surface area contributed by atoms with Crippen LogP contribution in [0.15, 0.2) is 54.0 Å². The number of thiocarbonyl (C=S) groups is 1. The normalized spacial score (nSPS) is 9.48. The first-order valence-electron chi connectivity index (χ1n) is 6.93. The van der Waals surface area contributed by atoms with Crippen LogP contribution >= 0.6 is 12.2 Å². The first-order chi connectivity index (χ1) is 11.1. The highest BCUT2D eigenvalue weighted by molar-refractivity contribution is 7.78. The first kappa shape index (κ1) is 16.8. The maximum atomic E-state index is 13.9. The highest BCUT2D eigenvalue weighted by atomic mass is 32.1. The van der Waals surface area contributed by atoms with Gasteiger partial charge in [-0.2, -0.15) is 4.99 Å². The summed E-state index contributed by atoms with van der Waals surface area (Å²) in [5, 5.41) is 2.01. The van der Waals surface area contributed by atoms with Crippen LogP contribution in [-0.2, 0) is 6.42 Å². The molecule has 0 atom stereocenters. The molecular formula is C19H13F2NS. The maximum Gasteiger partial charge on any atom is 0.151 e. The van der Waals surface area contributed by atoms with Crippen LogP contribution in [0.25, 0.3) is 0 Å². The minimum atomic E-state index is -0.687. The van der Waals surface area contributed by atoms with E-state index in [-0.39, 0.29) is 11.3 Å². The molecule has 0 bridgehead atoms. The fraction of sp³-hybridized carbons (Fsp3) is 0.105. The van der Waals surface area contributed by atoms with E-state index in [1.807, 2.05) is 35.5 Å². The Morgan fingerprint density at radius 2 is 1.83 bits per heavy atom. The van der Waals surface area contributed by atoms with Crippen LogP contribution in [0.2, 0.25) is 0 Å². The molecular weight excluding hydrogens is 312 g/mol. The zero-order valence-electron chi connectivity index (χ0n) is 12.3. The molecule has 0 aliphatic carbocycles. The average Bonchev–Trinajstić information content (AvgIpc) is 2.56. The van der Waals surface area contributed by atoms with Gasteiger partial charge in [0.2, 0.25) is 0 Å². The van der Waals surface area contributed by atoms with Gasteiger partial charge in [0.05, 0.1) is 10.7 Å². The number of halogens is 2. The molecule has 2 aromatic carbocycles. The Morgan fingerprint density at radius 3 is 2.48 bits per heavy atom. The molecule has 0 spiro atoms. The quantitative estimate of drug-likeness (QED) is 0.325.